The molecule has 0 N–H and O–H groups in total. The maximum atomic E-state index is 12.2. The zero-order valence-electron chi connectivity index (χ0n) is 15.8. The number of amides is 1. The van der Waals surface area contributed by atoms with Gasteiger partial charge >= 0.3 is 6.01 Å². The number of carbonyl (C=O) groups excluding carboxylic acids is 1. The van der Waals surface area contributed by atoms with Crippen molar-refractivity contribution in [3.63, 3.8) is 0 Å². The van der Waals surface area contributed by atoms with Crippen molar-refractivity contribution in [3.05, 3.63) is 41.8 Å². The lowest BCUT2D eigenvalue weighted by Gasteiger charge is -2.28. The van der Waals surface area contributed by atoms with Crippen LogP contribution in [0.1, 0.15) is 45.2 Å². The van der Waals surface area contributed by atoms with Crippen LogP contribution in [0.2, 0.25) is 0 Å². The molecule has 3 atom stereocenters. The Balaban J connectivity index is 1.59. The van der Waals surface area contributed by atoms with Gasteiger partial charge in [0.05, 0.1) is 6.04 Å². The van der Waals surface area contributed by atoms with Crippen molar-refractivity contribution in [1.82, 2.24) is 15.1 Å². The minimum Gasteiger partial charge on any atom is -0.407 e. The van der Waals surface area contributed by atoms with Crippen molar-refractivity contribution >= 4 is 11.9 Å². The predicted molar refractivity (Wildman–Crippen MR) is 98.8 cm³/mol. The number of carbonyl (C=O) groups is 1. The Morgan fingerprint density at radius 3 is 2.46 bits per heavy atom. The van der Waals surface area contributed by atoms with Gasteiger partial charge in [-0.3, -0.25) is 4.79 Å². The monoisotopic (exact) mass is 354 g/mol. The molecule has 0 aliphatic carbocycles. The minimum atomic E-state index is -0.154. The molecule has 2 aliphatic rings. The molecule has 2 fully saturated rings. The maximum absolute atomic E-state index is 12.2. The molecule has 1 aromatic heterocycles. The molecule has 1 amide bonds. The topological polar surface area (TPSA) is 62.5 Å². The lowest BCUT2D eigenvalue weighted by molar-refractivity contribution is -0.130. The minimum absolute atomic E-state index is 0.119. The van der Waals surface area contributed by atoms with Gasteiger partial charge < -0.3 is 14.2 Å². The fourth-order valence-corrected chi connectivity index (χ4v) is 4.25. The number of hydrogen-bond donors (Lipinski definition) is 0. The van der Waals surface area contributed by atoms with E-state index >= 15 is 0 Å². The normalized spacial score (nSPS) is 25.6. The molecule has 0 radical (unpaired) electrons. The molecule has 2 aromatic rings. The second kappa shape index (κ2) is 6.11. The second-order valence-corrected chi connectivity index (χ2v) is 8.50. The number of nitrogens with zero attached hydrogens (tertiary/aromatic N) is 4. The van der Waals surface area contributed by atoms with Crippen LogP contribution in [0.15, 0.2) is 34.7 Å². The molecule has 138 valence electrons. The number of benzene rings is 1. The SMILES string of the molecule is CC(=O)N1C[C@H]2CN(c3nnc(C(C)(C)C)o3)C[C@H]2[C@@H]1c1ccccc1. The predicted octanol–water partition coefficient (Wildman–Crippen LogP) is 3.02. The van der Waals surface area contributed by atoms with Crippen molar-refractivity contribution < 1.29 is 9.21 Å². The molecule has 0 saturated carbocycles. The zero-order chi connectivity index (χ0) is 18.5. The molecule has 4 rings (SSSR count). The largest absolute Gasteiger partial charge is 0.407 e. The van der Waals surface area contributed by atoms with Crippen molar-refractivity contribution in [1.29, 1.82) is 0 Å². The van der Waals surface area contributed by atoms with Crippen molar-refractivity contribution in [2.24, 2.45) is 11.8 Å². The fourth-order valence-electron chi connectivity index (χ4n) is 4.25. The molecule has 0 unspecified atom stereocenters. The van der Waals surface area contributed by atoms with E-state index in [1.165, 1.54) is 5.56 Å². The number of hydrogen-bond acceptors (Lipinski definition) is 5. The summed E-state index contributed by atoms with van der Waals surface area (Å²) in [6, 6.07) is 11.1. The highest BCUT2D eigenvalue weighted by atomic mass is 16.4. The summed E-state index contributed by atoms with van der Waals surface area (Å²) in [5.41, 5.74) is 1.05. The number of aromatic nitrogens is 2. The molecule has 26 heavy (non-hydrogen) atoms. The van der Waals surface area contributed by atoms with Gasteiger partial charge in [0.1, 0.15) is 0 Å². The van der Waals surface area contributed by atoms with Gasteiger partial charge in [-0.15, -0.1) is 5.10 Å². The lowest BCUT2D eigenvalue weighted by atomic mass is 9.89. The molecule has 0 spiro atoms. The first kappa shape index (κ1) is 17.1. The summed E-state index contributed by atoms with van der Waals surface area (Å²) in [6.45, 7) is 10.3. The van der Waals surface area contributed by atoms with Crippen molar-refractivity contribution in [2.75, 3.05) is 24.5 Å². The van der Waals surface area contributed by atoms with E-state index in [4.69, 9.17) is 4.42 Å². The third-order valence-corrected chi connectivity index (χ3v) is 5.54. The summed E-state index contributed by atoms with van der Waals surface area (Å²) >= 11 is 0. The first-order valence-electron chi connectivity index (χ1n) is 9.25. The molecule has 6 nitrogen and oxygen atoms in total. The van der Waals surface area contributed by atoms with Gasteiger partial charge in [-0.25, -0.2) is 0 Å². The Bertz CT molecular complexity index is 796. The fraction of sp³-hybridized carbons (Fsp3) is 0.550. The Kier molecular flexibility index (Phi) is 4.01. The van der Waals surface area contributed by atoms with E-state index in [0.717, 1.165) is 19.6 Å². The van der Waals surface area contributed by atoms with Crippen molar-refractivity contribution in [3.8, 4) is 0 Å². The number of rotatable bonds is 2. The van der Waals surface area contributed by atoms with E-state index in [1.54, 1.807) is 6.92 Å². The molecule has 2 aliphatic heterocycles. The highest BCUT2D eigenvalue weighted by Gasteiger charge is 2.49. The highest BCUT2D eigenvalue weighted by Crippen LogP contribution is 2.45. The number of likely N-dealkylation sites (tertiary alicyclic amines) is 1. The maximum Gasteiger partial charge on any atom is 0.318 e. The van der Waals surface area contributed by atoms with E-state index in [-0.39, 0.29) is 17.4 Å². The molecule has 6 heteroatoms. The van der Waals surface area contributed by atoms with Crippen LogP contribution < -0.4 is 4.90 Å². The number of anilines is 1. The lowest BCUT2D eigenvalue weighted by Crippen LogP contribution is -2.34. The average Bonchev–Trinajstić information content (AvgIpc) is 3.28. The Morgan fingerprint density at radius 2 is 1.85 bits per heavy atom. The van der Waals surface area contributed by atoms with Crippen LogP contribution in [0.3, 0.4) is 0 Å². The van der Waals surface area contributed by atoms with Gasteiger partial charge in [0.25, 0.3) is 0 Å². The molecule has 3 heterocycles. The van der Waals surface area contributed by atoms with Crippen LogP contribution >= 0.6 is 0 Å². The molecular formula is C20H26N4O2. The van der Waals surface area contributed by atoms with Crippen LogP contribution in [0, 0.1) is 11.8 Å². The molecular weight excluding hydrogens is 328 g/mol. The third kappa shape index (κ3) is 2.87. The summed E-state index contributed by atoms with van der Waals surface area (Å²) in [7, 11) is 0. The first-order chi connectivity index (χ1) is 12.3. The van der Waals surface area contributed by atoms with Gasteiger partial charge in [-0.2, -0.15) is 0 Å². The summed E-state index contributed by atoms with van der Waals surface area (Å²) < 4.78 is 5.94. The zero-order valence-corrected chi connectivity index (χ0v) is 15.8. The highest BCUT2D eigenvalue weighted by molar-refractivity contribution is 5.74. The van der Waals surface area contributed by atoms with Gasteiger partial charge in [-0.05, 0) is 5.56 Å². The Hall–Kier alpha value is -2.37. The standard InChI is InChI=1S/C20H26N4O2/c1-13(25)24-11-15-10-23(19-22-21-18(26-19)20(2,3)4)12-16(15)17(24)14-8-6-5-7-9-14/h5-9,15-17H,10-12H2,1-4H3/t15-,16-,17+/m1/s1. The second-order valence-electron chi connectivity index (χ2n) is 8.50. The quantitative estimate of drug-likeness (QED) is 0.829. The van der Waals surface area contributed by atoms with Gasteiger partial charge in [0.2, 0.25) is 11.8 Å². The van der Waals surface area contributed by atoms with Crippen LogP contribution in [-0.4, -0.2) is 40.6 Å². The summed E-state index contributed by atoms with van der Waals surface area (Å²) in [6.07, 6.45) is 0. The van der Waals surface area contributed by atoms with Gasteiger partial charge in [0, 0.05) is 43.8 Å². The Morgan fingerprint density at radius 1 is 1.12 bits per heavy atom. The van der Waals surface area contributed by atoms with Gasteiger partial charge in [0.15, 0.2) is 0 Å². The van der Waals surface area contributed by atoms with Crippen LogP contribution in [0.5, 0.6) is 0 Å². The smallest absolute Gasteiger partial charge is 0.318 e. The summed E-state index contributed by atoms with van der Waals surface area (Å²) in [5, 5.41) is 8.50. The van der Waals surface area contributed by atoms with E-state index in [9.17, 15) is 4.79 Å². The van der Waals surface area contributed by atoms with Crippen LogP contribution in [-0.2, 0) is 10.2 Å². The summed E-state index contributed by atoms with van der Waals surface area (Å²) in [5.74, 6) is 1.61. The molecule has 0 bridgehead atoms. The van der Waals surface area contributed by atoms with E-state index in [2.05, 4.69) is 48.0 Å². The van der Waals surface area contributed by atoms with Crippen molar-refractivity contribution in [2.45, 2.75) is 39.2 Å². The van der Waals surface area contributed by atoms with Crippen LogP contribution in [0.25, 0.3) is 0 Å². The number of fused-ring (bicyclic) bond motifs is 1. The Labute approximate surface area is 154 Å². The van der Waals surface area contributed by atoms with Crippen LogP contribution in [0.4, 0.5) is 6.01 Å². The first-order valence-corrected chi connectivity index (χ1v) is 9.25. The van der Waals surface area contributed by atoms with Gasteiger partial charge in [-0.1, -0.05) is 56.2 Å². The molecule has 2 saturated heterocycles. The third-order valence-electron chi connectivity index (χ3n) is 5.54. The summed E-state index contributed by atoms with van der Waals surface area (Å²) in [4.78, 5) is 16.4. The van der Waals surface area contributed by atoms with E-state index in [0.29, 0.717) is 23.7 Å². The van der Waals surface area contributed by atoms with E-state index in [1.807, 2.05) is 23.1 Å². The molecule has 1 aromatic carbocycles. The van der Waals surface area contributed by atoms with E-state index < -0.39 is 0 Å². The average molecular weight is 354 g/mol.